The van der Waals surface area contributed by atoms with Crippen LogP contribution in [0.3, 0.4) is 0 Å². The van der Waals surface area contributed by atoms with Crippen LogP contribution in [0.4, 0.5) is 0 Å². The number of aliphatic hydroxyl groups is 1. The predicted octanol–water partition coefficient (Wildman–Crippen LogP) is 4.02. The molecule has 0 aliphatic rings. The van der Waals surface area contributed by atoms with Crippen molar-refractivity contribution < 1.29 is 5.11 Å². The number of rotatable bonds is 2. The molecule has 0 radical (unpaired) electrons. The summed E-state index contributed by atoms with van der Waals surface area (Å²) in [5.74, 6) is 0. The molecule has 0 saturated heterocycles. The van der Waals surface area contributed by atoms with Crippen molar-refractivity contribution in [1.29, 1.82) is 0 Å². The molecule has 1 aromatic carbocycles. The molecule has 0 fully saturated rings. The Morgan fingerprint density at radius 3 is 2.37 bits per heavy atom. The van der Waals surface area contributed by atoms with Crippen molar-refractivity contribution in [3.63, 3.8) is 0 Å². The van der Waals surface area contributed by atoms with E-state index in [4.69, 9.17) is 0 Å². The second kappa shape index (κ2) is 5.07. The Kier molecular flexibility index (Phi) is 3.43. The molecule has 2 aromatic heterocycles. The highest BCUT2D eigenvalue weighted by molar-refractivity contribution is 9.10. The number of aromatic nitrogens is 2. The molecule has 19 heavy (non-hydrogen) atoms. The number of halogens is 2. The van der Waals surface area contributed by atoms with Crippen molar-refractivity contribution in [1.82, 2.24) is 9.38 Å². The lowest BCUT2D eigenvalue weighted by Crippen LogP contribution is -1.94. The second-order valence-corrected chi connectivity index (χ2v) is 5.98. The van der Waals surface area contributed by atoms with Gasteiger partial charge in [-0.2, -0.15) is 0 Å². The van der Waals surface area contributed by atoms with Crippen molar-refractivity contribution >= 4 is 37.5 Å². The highest BCUT2D eigenvalue weighted by atomic mass is 79.9. The topological polar surface area (TPSA) is 37.5 Å². The van der Waals surface area contributed by atoms with E-state index in [1.807, 2.05) is 47.0 Å². The number of nitrogens with zero attached hydrogens (tertiary/aromatic N) is 2. The van der Waals surface area contributed by atoms with Gasteiger partial charge in [0.2, 0.25) is 0 Å². The third-order valence-electron chi connectivity index (χ3n) is 2.95. The van der Waals surface area contributed by atoms with Gasteiger partial charge in [-0.3, -0.25) is 4.40 Å². The van der Waals surface area contributed by atoms with Gasteiger partial charge in [-0.25, -0.2) is 4.98 Å². The van der Waals surface area contributed by atoms with E-state index in [1.54, 1.807) is 0 Å². The first-order valence-corrected chi connectivity index (χ1v) is 7.31. The molecule has 3 nitrogen and oxygen atoms in total. The third kappa shape index (κ3) is 2.33. The Bertz CT molecular complexity index is 735. The van der Waals surface area contributed by atoms with Gasteiger partial charge in [-0.1, -0.05) is 28.1 Å². The zero-order valence-electron chi connectivity index (χ0n) is 9.85. The molecule has 0 aliphatic heterocycles. The molecule has 3 aromatic rings. The van der Waals surface area contributed by atoms with E-state index in [9.17, 15) is 5.11 Å². The van der Waals surface area contributed by atoms with Crippen LogP contribution in [-0.4, -0.2) is 14.5 Å². The highest BCUT2D eigenvalue weighted by Gasteiger charge is 2.13. The van der Waals surface area contributed by atoms with Crippen molar-refractivity contribution in [2.75, 3.05) is 0 Å². The van der Waals surface area contributed by atoms with Crippen LogP contribution in [0.15, 0.2) is 51.5 Å². The fourth-order valence-corrected chi connectivity index (χ4v) is 2.66. The van der Waals surface area contributed by atoms with Gasteiger partial charge >= 0.3 is 0 Å². The zero-order valence-corrected chi connectivity index (χ0v) is 13.0. The summed E-state index contributed by atoms with van der Waals surface area (Å²) in [7, 11) is 0. The first-order chi connectivity index (χ1) is 9.19. The molecule has 0 bridgehead atoms. The molecule has 2 heterocycles. The summed E-state index contributed by atoms with van der Waals surface area (Å²) >= 11 is 6.85. The maximum Gasteiger partial charge on any atom is 0.137 e. The number of fused-ring (bicyclic) bond motifs is 1. The van der Waals surface area contributed by atoms with E-state index in [2.05, 4.69) is 36.8 Å². The summed E-state index contributed by atoms with van der Waals surface area (Å²) in [5, 5.41) is 9.63. The summed E-state index contributed by atoms with van der Waals surface area (Å²) in [4.78, 5) is 4.59. The molecule has 3 rings (SSSR count). The van der Waals surface area contributed by atoms with Crippen LogP contribution in [0, 0.1) is 0 Å². The summed E-state index contributed by atoms with van der Waals surface area (Å²) in [6.45, 7) is -0.0526. The molecule has 96 valence electrons. The van der Waals surface area contributed by atoms with Gasteiger partial charge in [0.05, 0.1) is 18.0 Å². The Hall–Kier alpha value is -1.17. The van der Waals surface area contributed by atoms with Crippen molar-refractivity contribution in [2.45, 2.75) is 6.61 Å². The van der Waals surface area contributed by atoms with Crippen LogP contribution in [0.5, 0.6) is 0 Å². The number of hydrogen-bond donors (Lipinski definition) is 1. The summed E-state index contributed by atoms with van der Waals surface area (Å²) in [5.41, 5.74) is 3.42. The van der Waals surface area contributed by atoms with Crippen LogP contribution in [0.2, 0.25) is 0 Å². The van der Waals surface area contributed by atoms with Crippen molar-refractivity contribution in [2.24, 2.45) is 0 Å². The average molecular weight is 382 g/mol. The average Bonchev–Trinajstić information content (AvgIpc) is 2.77. The van der Waals surface area contributed by atoms with Crippen LogP contribution < -0.4 is 0 Å². The van der Waals surface area contributed by atoms with Crippen molar-refractivity contribution in [3.8, 4) is 11.3 Å². The summed E-state index contributed by atoms with van der Waals surface area (Å²) in [6, 6.07) is 11.8. The van der Waals surface area contributed by atoms with E-state index in [0.29, 0.717) is 0 Å². The lowest BCUT2D eigenvalue weighted by Gasteiger charge is -2.02. The second-order valence-electron chi connectivity index (χ2n) is 4.15. The maximum atomic E-state index is 9.63. The van der Waals surface area contributed by atoms with Crippen LogP contribution in [0.1, 0.15) is 5.69 Å². The molecule has 0 aliphatic carbocycles. The number of pyridine rings is 1. The van der Waals surface area contributed by atoms with E-state index in [-0.39, 0.29) is 6.61 Å². The minimum atomic E-state index is -0.0526. The first kappa shape index (κ1) is 12.8. The Labute approximate surface area is 127 Å². The monoisotopic (exact) mass is 380 g/mol. The fourth-order valence-electron chi connectivity index (χ4n) is 2.06. The van der Waals surface area contributed by atoms with Gasteiger partial charge in [0.1, 0.15) is 5.65 Å². The molecular formula is C14H10Br2N2O. The number of imidazole rings is 1. The predicted molar refractivity (Wildman–Crippen MR) is 82.0 cm³/mol. The van der Waals surface area contributed by atoms with Gasteiger partial charge in [0.15, 0.2) is 0 Å². The zero-order chi connectivity index (χ0) is 13.4. The van der Waals surface area contributed by atoms with E-state index >= 15 is 0 Å². The Balaban J connectivity index is 2.25. The first-order valence-electron chi connectivity index (χ1n) is 5.72. The molecule has 0 spiro atoms. The lowest BCUT2D eigenvalue weighted by molar-refractivity contribution is 0.276. The van der Waals surface area contributed by atoms with E-state index in [1.165, 1.54) is 0 Å². The maximum absolute atomic E-state index is 9.63. The van der Waals surface area contributed by atoms with E-state index in [0.717, 1.165) is 31.5 Å². The molecule has 0 atom stereocenters. The Morgan fingerprint density at radius 1 is 1.00 bits per heavy atom. The summed E-state index contributed by atoms with van der Waals surface area (Å²) < 4.78 is 3.88. The van der Waals surface area contributed by atoms with Crippen LogP contribution in [-0.2, 0) is 6.61 Å². The molecule has 5 heteroatoms. The Morgan fingerprint density at radius 2 is 1.68 bits per heavy atom. The normalized spacial score (nSPS) is 11.1. The minimum absolute atomic E-state index is 0.0526. The fraction of sp³-hybridized carbons (Fsp3) is 0.0714. The quantitative estimate of drug-likeness (QED) is 0.727. The van der Waals surface area contributed by atoms with Gasteiger partial charge in [0.25, 0.3) is 0 Å². The number of benzene rings is 1. The standard InChI is InChI=1S/C14H10Br2N2O/c15-10-3-1-9(2-4-10)14-12(8-19)18-7-11(16)5-6-13(18)17-14/h1-7,19H,8H2. The molecular weight excluding hydrogens is 372 g/mol. The SMILES string of the molecule is OCc1c(-c2ccc(Br)cc2)nc2ccc(Br)cn12. The van der Waals surface area contributed by atoms with Gasteiger partial charge < -0.3 is 5.11 Å². The van der Waals surface area contributed by atoms with Gasteiger partial charge in [0, 0.05) is 20.7 Å². The third-order valence-corrected chi connectivity index (χ3v) is 3.95. The van der Waals surface area contributed by atoms with E-state index < -0.39 is 0 Å². The van der Waals surface area contributed by atoms with Gasteiger partial charge in [-0.05, 0) is 40.2 Å². The van der Waals surface area contributed by atoms with Crippen molar-refractivity contribution in [3.05, 3.63) is 57.2 Å². The van der Waals surface area contributed by atoms with Crippen LogP contribution in [0.25, 0.3) is 16.9 Å². The highest BCUT2D eigenvalue weighted by Crippen LogP contribution is 2.27. The molecule has 1 N–H and O–H groups in total. The molecule has 0 amide bonds. The molecule has 0 saturated carbocycles. The van der Waals surface area contributed by atoms with Gasteiger partial charge in [-0.15, -0.1) is 0 Å². The van der Waals surface area contributed by atoms with Crippen LogP contribution >= 0.6 is 31.9 Å². The largest absolute Gasteiger partial charge is 0.390 e. The number of aliphatic hydroxyl groups excluding tert-OH is 1. The summed E-state index contributed by atoms with van der Waals surface area (Å²) in [6.07, 6.45) is 1.91. The number of hydrogen-bond acceptors (Lipinski definition) is 2. The minimum Gasteiger partial charge on any atom is -0.390 e. The molecule has 0 unspecified atom stereocenters. The smallest absolute Gasteiger partial charge is 0.137 e. The lowest BCUT2D eigenvalue weighted by atomic mass is 10.1.